The molecular weight excluding hydrogens is 394 g/mol. The van der Waals surface area contributed by atoms with Gasteiger partial charge in [0, 0.05) is 15.7 Å². The molecule has 26 heavy (non-hydrogen) atoms. The van der Waals surface area contributed by atoms with Crippen LogP contribution in [0, 0.1) is 0 Å². The topological polar surface area (TPSA) is 55.4 Å². The van der Waals surface area contributed by atoms with Gasteiger partial charge >= 0.3 is 5.97 Å². The Morgan fingerprint density at radius 1 is 1.23 bits per heavy atom. The summed E-state index contributed by atoms with van der Waals surface area (Å²) in [6.07, 6.45) is 3.12. The normalized spacial score (nSPS) is 12.3. The molecule has 0 saturated carbocycles. The minimum absolute atomic E-state index is 0.126. The molecule has 1 amide bonds. The molecule has 0 heterocycles. The average Bonchev–Trinajstić information content (AvgIpc) is 2.98. The van der Waals surface area contributed by atoms with Crippen molar-refractivity contribution in [1.29, 1.82) is 0 Å². The second-order valence-electron chi connectivity index (χ2n) is 6.18. The number of ether oxygens (including phenoxy) is 1. The van der Waals surface area contributed by atoms with Crippen molar-refractivity contribution < 1.29 is 14.3 Å². The lowest BCUT2D eigenvalue weighted by atomic mass is 10.0. The molecule has 2 aromatic rings. The summed E-state index contributed by atoms with van der Waals surface area (Å²) >= 11 is 3.57. The van der Waals surface area contributed by atoms with Crippen LogP contribution in [0.2, 0.25) is 0 Å². The van der Waals surface area contributed by atoms with Crippen molar-refractivity contribution in [2.45, 2.75) is 26.7 Å². The highest BCUT2D eigenvalue weighted by Gasteiger charge is 2.18. The van der Waals surface area contributed by atoms with Crippen molar-refractivity contribution in [3.63, 3.8) is 0 Å². The Morgan fingerprint density at radius 2 is 2.00 bits per heavy atom. The fourth-order valence-corrected chi connectivity index (χ4v) is 3.93. The number of benzene rings is 2. The molecule has 0 unspecified atom stereocenters. The van der Waals surface area contributed by atoms with E-state index in [4.69, 9.17) is 4.74 Å². The molecule has 0 aromatic heterocycles. The van der Waals surface area contributed by atoms with Crippen LogP contribution in [-0.4, -0.2) is 18.5 Å². The molecule has 5 heteroatoms. The number of nitrogens with one attached hydrogen (secondary N) is 1. The van der Waals surface area contributed by atoms with Crippen molar-refractivity contribution in [3.8, 4) is 0 Å². The highest BCUT2D eigenvalue weighted by atomic mass is 79.9. The molecule has 1 aliphatic rings. The first kappa shape index (κ1) is 18.4. The summed E-state index contributed by atoms with van der Waals surface area (Å²) in [7, 11) is 0. The standard InChI is InChI=1S/C21H20BrNO3/c1-3-26-19(24)12-14-6-4-5-7-18(14)23-21(25)16-10-15-9-8-13(2)20(15)17(22)11-16/h4-8,10-11H,3,9,12H2,1-2H3,(H,23,25). The smallest absolute Gasteiger partial charge is 0.310 e. The number of carbonyl (C=O) groups is 2. The molecule has 0 fully saturated rings. The van der Waals surface area contributed by atoms with Crippen LogP contribution in [0.5, 0.6) is 0 Å². The fourth-order valence-electron chi connectivity index (χ4n) is 3.12. The Labute approximate surface area is 161 Å². The van der Waals surface area contributed by atoms with Gasteiger partial charge in [-0.3, -0.25) is 9.59 Å². The van der Waals surface area contributed by atoms with E-state index >= 15 is 0 Å². The summed E-state index contributed by atoms with van der Waals surface area (Å²) in [4.78, 5) is 24.5. The average molecular weight is 414 g/mol. The minimum atomic E-state index is -0.309. The molecule has 3 rings (SSSR count). The molecule has 1 N–H and O–H groups in total. The quantitative estimate of drug-likeness (QED) is 0.718. The number of rotatable bonds is 5. The maximum Gasteiger partial charge on any atom is 0.310 e. The highest BCUT2D eigenvalue weighted by Crippen LogP contribution is 2.34. The van der Waals surface area contributed by atoms with E-state index in [1.807, 2.05) is 30.3 Å². The van der Waals surface area contributed by atoms with E-state index in [9.17, 15) is 9.59 Å². The Hall–Kier alpha value is -2.40. The third-order valence-corrected chi connectivity index (χ3v) is 4.99. The number of allylic oxidation sites excluding steroid dienone is 2. The van der Waals surface area contributed by atoms with Crippen LogP contribution < -0.4 is 5.32 Å². The van der Waals surface area contributed by atoms with Gasteiger partial charge in [0.15, 0.2) is 0 Å². The summed E-state index contributed by atoms with van der Waals surface area (Å²) in [6, 6.07) is 11.0. The second kappa shape index (κ2) is 7.87. The lowest BCUT2D eigenvalue weighted by Gasteiger charge is -2.13. The number of carbonyl (C=O) groups excluding carboxylic acids is 2. The fraction of sp³-hybridized carbons (Fsp3) is 0.238. The number of para-hydroxylation sites is 1. The third-order valence-electron chi connectivity index (χ3n) is 4.36. The largest absolute Gasteiger partial charge is 0.466 e. The molecule has 0 radical (unpaired) electrons. The Bertz CT molecular complexity index is 902. The SMILES string of the molecule is CCOC(=O)Cc1ccccc1NC(=O)c1cc(Br)c2c(c1)CC=C2C. The van der Waals surface area contributed by atoms with Crippen LogP contribution >= 0.6 is 15.9 Å². The summed E-state index contributed by atoms with van der Waals surface area (Å²) in [6.45, 7) is 4.18. The number of esters is 1. The first-order valence-corrected chi connectivity index (χ1v) is 9.33. The number of anilines is 1. The number of hydrogen-bond acceptors (Lipinski definition) is 3. The van der Waals surface area contributed by atoms with Gasteiger partial charge in [-0.25, -0.2) is 0 Å². The van der Waals surface area contributed by atoms with Gasteiger partial charge in [0.05, 0.1) is 13.0 Å². The molecule has 4 nitrogen and oxygen atoms in total. The van der Waals surface area contributed by atoms with Gasteiger partial charge in [0.2, 0.25) is 0 Å². The van der Waals surface area contributed by atoms with Crippen molar-refractivity contribution >= 4 is 39.1 Å². The van der Waals surface area contributed by atoms with Gasteiger partial charge in [-0.1, -0.05) is 40.2 Å². The molecule has 0 spiro atoms. The number of hydrogen-bond donors (Lipinski definition) is 1. The van der Waals surface area contributed by atoms with E-state index in [0.29, 0.717) is 17.9 Å². The molecule has 0 bridgehead atoms. The van der Waals surface area contributed by atoms with Gasteiger partial charge in [-0.05, 0) is 60.7 Å². The van der Waals surface area contributed by atoms with Crippen molar-refractivity contribution in [2.24, 2.45) is 0 Å². The van der Waals surface area contributed by atoms with Crippen LogP contribution in [-0.2, 0) is 22.4 Å². The van der Waals surface area contributed by atoms with Gasteiger partial charge < -0.3 is 10.1 Å². The lowest BCUT2D eigenvalue weighted by molar-refractivity contribution is -0.142. The molecule has 0 saturated heterocycles. The molecule has 0 atom stereocenters. The van der Waals surface area contributed by atoms with Crippen LogP contribution in [0.15, 0.2) is 46.9 Å². The molecule has 2 aromatic carbocycles. The van der Waals surface area contributed by atoms with E-state index < -0.39 is 0 Å². The lowest BCUT2D eigenvalue weighted by Crippen LogP contribution is -2.15. The number of halogens is 1. The summed E-state index contributed by atoms with van der Waals surface area (Å²) in [5, 5.41) is 2.92. The van der Waals surface area contributed by atoms with E-state index in [1.54, 1.807) is 13.0 Å². The van der Waals surface area contributed by atoms with Crippen LogP contribution in [0.3, 0.4) is 0 Å². The predicted octanol–water partition coefficient (Wildman–Crippen LogP) is 4.77. The van der Waals surface area contributed by atoms with E-state index in [1.165, 1.54) is 11.1 Å². The zero-order valence-electron chi connectivity index (χ0n) is 14.8. The Morgan fingerprint density at radius 3 is 2.77 bits per heavy atom. The van der Waals surface area contributed by atoms with Crippen molar-refractivity contribution in [1.82, 2.24) is 0 Å². The van der Waals surface area contributed by atoms with Gasteiger partial charge in [0.25, 0.3) is 5.91 Å². The summed E-state index contributed by atoms with van der Waals surface area (Å²) in [5.41, 5.74) is 5.47. The van der Waals surface area contributed by atoms with Crippen LogP contribution in [0.25, 0.3) is 5.57 Å². The summed E-state index contributed by atoms with van der Waals surface area (Å²) in [5.74, 6) is -0.509. The predicted molar refractivity (Wildman–Crippen MR) is 106 cm³/mol. The minimum Gasteiger partial charge on any atom is -0.466 e. The molecule has 1 aliphatic carbocycles. The molecule has 134 valence electrons. The maximum absolute atomic E-state index is 12.7. The van der Waals surface area contributed by atoms with Crippen molar-refractivity contribution in [3.05, 3.63) is 69.2 Å². The van der Waals surface area contributed by atoms with Gasteiger partial charge in [-0.2, -0.15) is 0 Å². The zero-order valence-corrected chi connectivity index (χ0v) is 16.4. The third kappa shape index (κ3) is 3.88. The Balaban J connectivity index is 1.81. The summed E-state index contributed by atoms with van der Waals surface area (Å²) < 4.78 is 5.93. The molecular formula is C21H20BrNO3. The molecule has 0 aliphatic heterocycles. The van der Waals surface area contributed by atoms with E-state index in [-0.39, 0.29) is 18.3 Å². The van der Waals surface area contributed by atoms with Gasteiger partial charge in [-0.15, -0.1) is 0 Å². The zero-order chi connectivity index (χ0) is 18.7. The monoisotopic (exact) mass is 413 g/mol. The Kier molecular flexibility index (Phi) is 5.57. The van der Waals surface area contributed by atoms with Gasteiger partial charge in [0.1, 0.15) is 0 Å². The number of fused-ring (bicyclic) bond motifs is 1. The van der Waals surface area contributed by atoms with Crippen LogP contribution in [0.4, 0.5) is 5.69 Å². The second-order valence-corrected chi connectivity index (χ2v) is 7.03. The van der Waals surface area contributed by atoms with Crippen LogP contribution in [0.1, 0.15) is 40.9 Å². The van der Waals surface area contributed by atoms with E-state index in [0.717, 1.165) is 22.0 Å². The van der Waals surface area contributed by atoms with E-state index in [2.05, 4.69) is 34.2 Å². The van der Waals surface area contributed by atoms with Crippen molar-refractivity contribution in [2.75, 3.05) is 11.9 Å². The first-order valence-electron chi connectivity index (χ1n) is 8.54. The maximum atomic E-state index is 12.7. The first-order chi connectivity index (χ1) is 12.5. The number of amides is 1. The highest BCUT2D eigenvalue weighted by molar-refractivity contribution is 9.10.